The number of aryl methyl sites for hydroxylation is 1. The van der Waals surface area contributed by atoms with Crippen molar-refractivity contribution in [2.45, 2.75) is 63.8 Å². The third kappa shape index (κ3) is 4.11. The van der Waals surface area contributed by atoms with E-state index >= 15 is 0 Å². The van der Waals surface area contributed by atoms with Gasteiger partial charge in [-0.05, 0) is 57.4 Å². The number of benzene rings is 2. The van der Waals surface area contributed by atoms with Crippen molar-refractivity contribution in [1.82, 2.24) is 9.80 Å². The van der Waals surface area contributed by atoms with Crippen LogP contribution in [0.4, 0.5) is 0 Å². The molecule has 2 aromatic rings. The molecule has 4 aliphatic heterocycles. The molecule has 5 atom stereocenters. The van der Waals surface area contributed by atoms with Crippen LogP contribution in [0.2, 0.25) is 0 Å². The van der Waals surface area contributed by atoms with Crippen LogP contribution < -0.4 is 18.9 Å². The van der Waals surface area contributed by atoms with Crippen molar-refractivity contribution in [2.24, 2.45) is 0 Å². The molecular weight excluding hydrogens is 522 g/mol. The molecule has 0 spiro atoms. The maximum absolute atomic E-state index is 10.7. The zero-order valence-electron chi connectivity index (χ0n) is 24.8. The van der Waals surface area contributed by atoms with E-state index in [2.05, 4.69) is 49.4 Å². The minimum absolute atomic E-state index is 0.000751. The van der Waals surface area contributed by atoms with Gasteiger partial charge in [-0.15, -0.1) is 0 Å². The summed E-state index contributed by atoms with van der Waals surface area (Å²) in [6, 6.07) is 4.33. The summed E-state index contributed by atoms with van der Waals surface area (Å²) in [5.74, 6) is 3.12. The highest BCUT2D eigenvalue weighted by Crippen LogP contribution is 2.58. The summed E-state index contributed by atoms with van der Waals surface area (Å²) in [6.45, 7) is 11.2. The van der Waals surface area contributed by atoms with Crippen molar-refractivity contribution in [3.8, 4) is 29.1 Å². The molecule has 6 rings (SSSR count). The van der Waals surface area contributed by atoms with Crippen molar-refractivity contribution in [1.29, 1.82) is 5.26 Å². The molecule has 2 bridgehead atoms. The Balaban J connectivity index is 1.60. The quantitative estimate of drug-likeness (QED) is 0.346. The van der Waals surface area contributed by atoms with E-state index in [1.807, 2.05) is 6.92 Å². The fourth-order valence-corrected chi connectivity index (χ4v) is 7.64. The normalized spacial score (nSPS) is 26.0. The molecule has 0 aliphatic carbocycles. The highest BCUT2D eigenvalue weighted by Gasteiger charge is 2.56. The summed E-state index contributed by atoms with van der Waals surface area (Å²) in [4.78, 5) is 4.78. The summed E-state index contributed by atoms with van der Waals surface area (Å²) < 4.78 is 35.9. The summed E-state index contributed by atoms with van der Waals surface area (Å²) >= 11 is 0. The fourth-order valence-electron chi connectivity index (χ4n) is 7.64. The Hall–Kier alpha value is -3.29. The lowest BCUT2D eigenvalue weighted by Crippen LogP contribution is -2.68. The number of nitrogens with zero attached hydrogens (tertiary/aromatic N) is 3. The molecule has 0 aromatic heterocycles. The molecular formula is C32H39N3O6. The van der Waals surface area contributed by atoms with Crippen molar-refractivity contribution in [3.63, 3.8) is 0 Å². The molecule has 0 saturated carbocycles. The van der Waals surface area contributed by atoms with Crippen LogP contribution in [0.15, 0.2) is 18.7 Å². The molecule has 0 N–H and O–H groups in total. The van der Waals surface area contributed by atoms with Crippen molar-refractivity contribution in [3.05, 3.63) is 57.7 Å². The van der Waals surface area contributed by atoms with Gasteiger partial charge in [-0.1, -0.05) is 18.7 Å². The molecule has 4 heterocycles. The summed E-state index contributed by atoms with van der Waals surface area (Å²) in [7, 11) is 5.50. The van der Waals surface area contributed by atoms with Crippen molar-refractivity contribution >= 4 is 0 Å². The smallest absolute Gasteiger partial charge is 0.231 e. The number of likely N-dealkylation sites (N-methyl/N-ethyl adjacent to an activating group) is 1. The number of ether oxygens (including phenoxy) is 6. The van der Waals surface area contributed by atoms with Crippen LogP contribution in [0.25, 0.3) is 0 Å². The van der Waals surface area contributed by atoms with Crippen LogP contribution in [0.5, 0.6) is 23.0 Å². The second kappa shape index (κ2) is 10.8. The number of nitriles is 1. The van der Waals surface area contributed by atoms with Gasteiger partial charge in [-0.3, -0.25) is 9.80 Å². The monoisotopic (exact) mass is 561 g/mol. The highest BCUT2D eigenvalue weighted by atomic mass is 16.7. The maximum atomic E-state index is 10.7. The Kier molecular flexibility index (Phi) is 7.37. The predicted octanol–water partition coefficient (Wildman–Crippen LogP) is 4.31. The van der Waals surface area contributed by atoms with Crippen LogP contribution in [0.1, 0.15) is 51.0 Å². The van der Waals surface area contributed by atoms with Gasteiger partial charge < -0.3 is 28.4 Å². The van der Waals surface area contributed by atoms with Crippen LogP contribution in [0.3, 0.4) is 0 Å². The first-order valence-corrected chi connectivity index (χ1v) is 14.2. The van der Waals surface area contributed by atoms with Gasteiger partial charge in [0.1, 0.15) is 24.1 Å². The first-order valence-electron chi connectivity index (χ1n) is 14.2. The SMILES string of the molecule is C=CCOc1c(C)c2c(c3c1CC1[C@H]4c5c(cc(C)c(C)c5OCOC)C[C@@H]([C@H](C#N)N1[C@H]3COC)N4C)OCO2. The maximum Gasteiger partial charge on any atom is 0.231 e. The van der Waals surface area contributed by atoms with Crippen LogP contribution in [-0.2, 0) is 22.3 Å². The first-order chi connectivity index (χ1) is 19.9. The number of piperazine rings is 1. The number of methoxy groups -OCH3 is 2. The molecule has 0 radical (unpaired) electrons. The number of hydrogen-bond acceptors (Lipinski definition) is 9. The first kappa shape index (κ1) is 27.9. The third-order valence-corrected chi connectivity index (χ3v) is 9.40. The molecule has 41 heavy (non-hydrogen) atoms. The van der Waals surface area contributed by atoms with E-state index in [-0.39, 0.29) is 43.8 Å². The largest absolute Gasteiger partial charge is 0.489 e. The molecule has 9 nitrogen and oxygen atoms in total. The summed E-state index contributed by atoms with van der Waals surface area (Å²) in [6.07, 6.45) is 3.17. The second-order valence-corrected chi connectivity index (χ2v) is 11.4. The second-order valence-electron chi connectivity index (χ2n) is 11.4. The van der Waals surface area contributed by atoms with Gasteiger partial charge in [0.05, 0.1) is 24.8 Å². The number of fused-ring (bicyclic) bond motifs is 9. The Morgan fingerprint density at radius 3 is 2.51 bits per heavy atom. The molecule has 1 fully saturated rings. The Morgan fingerprint density at radius 2 is 1.80 bits per heavy atom. The van der Waals surface area contributed by atoms with E-state index in [0.29, 0.717) is 25.4 Å². The molecule has 0 amide bonds. The van der Waals surface area contributed by atoms with E-state index in [4.69, 9.17) is 28.4 Å². The zero-order chi connectivity index (χ0) is 29.0. The molecule has 1 unspecified atom stereocenters. The average molecular weight is 562 g/mol. The number of hydrogen-bond donors (Lipinski definition) is 0. The summed E-state index contributed by atoms with van der Waals surface area (Å²) in [5.41, 5.74) is 7.71. The Labute approximate surface area is 242 Å². The lowest BCUT2D eigenvalue weighted by atomic mass is 9.71. The fraction of sp³-hybridized carbons (Fsp3) is 0.531. The van der Waals surface area contributed by atoms with Gasteiger partial charge in [0.15, 0.2) is 18.3 Å². The number of rotatable bonds is 8. The minimum Gasteiger partial charge on any atom is -0.489 e. The molecule has 218 valence electrons. The van der Waals surface area contributed by atoms with E-state index in [9.17, 15) is 5.26 Å². The Morgan fingerprint density at radius 1 is 1.02 bits per heavy atom. The molecule has 2 aromatic carbocycles. The lowest BCUT2D eigenvalue weighted by Gasteiger charge is -2.60. The van der Waals surface area contributed by atoms with Gasteiger partial charge in [0.25, 0.3) is 0 Å². The van der Waals surface area contributed by atoms with Crippen molar-refractivity contribution in [2.75, 3.05) is 48.1 Å². The topological polar surface area (TPSA) is 85.7 Å². The van der Waals surface area contributed by atoms with Crippen LogP contribution >= 0.6 is 0 Å². The third-order valence-electron chi connectivity index (χ3n) is 9.40. The average Bonchev–Trinajstić information content (AvgIpc) is 3.45. The lowest BCUT2D eigenvalue weighted by molar-refractivity contribution is -0.0864. The highest BCUT2D eigenvalue weighted by molar-refractivity contribution is 5.66. The molecule has 1 saturated heterocycles. The van der Waals surface area contributed by atoms with Gasteiger partial charge in [-0.25, -0.2) is 0 Å². The minimum atomic E-state index is -0.357. The molecule has 4 aliphatic rings. The van der Waals surface area contributed by atoms with Crippen molar-refractivity contribution < 1.29 is 28.4 Å². The van der Waals surface area contributed by atoms with Gasteiger partial charge >= 0.3 is 0 Å². The van der Waals surface area contributed by atoms with Gasteiger partial charge in [0, 0.05) is 48.6 Å². The van der Waals surface area contributed by atoms with E-state index in [0.717, 1.165) is 45.9 Å². The van der Waals surface area contributed by atoms with Gasteiger partial charge in [0.2, 0.25) is 6.79 Å². The van der Waals surface area contributed by atoms with E-state index in [1.54, 1.807) is 20.3 Å². The Bertz CT molecular complexity index is 1420. The zero-order valence-corrected chi connectivity index (χ0v) is 24.8. The van der Waals surface area contributed by atoms with E-state index < -0.39 is 0 Å². The van der Waals surface area contributed by atoms with Crippen LogP contribution in [-0.4, -0.2) is 76.0 Å². The molecule has 9 heteroatoms. The standard InChI is InChI=1S/C32H39N3O6/c1-8-9-38-29-19(4)31-32(41-16-40-31)27-21(29)12-23-28-26-20(10-17(2)18(3)30(26)39-15-37-7)11-22(34(28)5)24(13-33)35(23)25(27)14-36-6/h8,10,22-25,28H,1,9,11-12,14-16H2,2-7H3/t22-,23?,24-,25-,28-/m0/s1. The van der Waals surface area contributed by atoms with Crippen LogP contribution in [0, 0.1) is 32.1 Å². The summed E-state index contributed by atoms with van der Waals surface area (Å²) in [5, 5.41) is 10.7. The van der Waals surface area contributed by atoms with E-state index in [1.165, 1.54) is 16.7 Å². The predicted molar refractivity (Wildman–Crippen MR) is 153 cm³/mol. The van der Waals surface area contributed by atoms with Gasteiger partial charge in [-0.2, -0.15) is 5.26 Å².